The van der Waals surface area contributed by atoms with Crippen LogP contribution in [0.1, 0.15) is 19.4 Å². The number of benzene rings is 1. The van der Waals surface area contributed by atoms with Crippen LogP contribution in [0.5, 0.6) is 0 Å². The lowest BCUT2D eigenvalue weighted by atomic mass is 9.96. The summed E-state index contributed by atoms with van der Waals surface area (Å²) in [5.41, 5.74) is 1.29. The Labute approximate surface area is 155 Å². The van der Waals surface area contributed by atoms with E-state index in [-0.39, 0.29) is 12.2 Å². The van der Waals surface area contributed by atoms with Crippen molar-refractivity contribution in [3.05, 3.63) is 51.3 Å². The molecule has 27 heavy (non-hydrogen) atoms. The van der Waals surface area contributed by atoms with Gasteiger partial charge in [0.15, 0.2) is 5.92 Å². The highest BCUT2D eigenvalue weighted by Gasteiger charge is 2.50. The highest BCUT2D eigenvalue weighted by atomic mass is 16.6. The molecule has 1 aromatic rings. The number of nitro groups is 1. The number of hydrogen-bond acceptors (Lipinski definition) is 6. The topological polar surface area (TPSA) is 105 Å². The molecule has 2 aliphatic rings. The van der Waals surface area contributed by atoms with Crippen LogP contribution in [0.2, 0.25) is 0 Å². The summed E-state index contributed by atoms with van der Waals surface area (Å²) in [6.45, 7) is 4.02. The van der Waals surface area contributed by atoms with E-state index < -0.39 is 22.8 Å². The Bertz CT molecular complexity index is 914. The molecular formula is C18H19N4O5+. The van der Waals surface area contributed by atoms with Crippen LogP contribution in [0.4, 0.5) is 10.5 Å². The van der Waals surface area contributed by atoms with Gasteiger partial charge in [-0.05, 0) is 31.5 Å². The van der Waals surface area contributed by atoms with E-state index in [0.29, 0.717) is 23.8 Å². The molecule has 0 radical (unpaired) electrons. The summed E-state index contributed by atoms with van der Waals surface area (Å²) in [5, 5.41) is 10.8. The van der Waals surface area contributed by atoms with Crippen LogP contribution < -0.4 is 0 Å². The zero-order chi connectivity index (χ0) is 19.7. The molecule has 3 amide bonds. The van der Waals surface area contributed by atoms with Gasteiger partial charge in [-0.15, -0.1) is 4.99 Å². The fourth-order valence-corrected chi connectivity index (χ4v) is 3.08. The van der Waals surface area contributed by atoms with Crippen molar-refractivity contribution in [1.82, 2.24) is 4.90 Å². The highest BCUT2D eigenvalue weighted by Crippen LogP contribution is 2.29. The number of non-ortho nitro benzene ring substituents is 1. The van der Waals surface area contributed by atoms with Gasteiger partial charge in [0.25, 0.3) is 11.5 Å². The van der Waals surface area contributed by atoms with Crippen molar-refractivity contribution in [3.8, 4) is 0 Å². The molecule has 0 bridgehead atoms. The van der Waals surface area contributed by atoms with Crippen LogP contribution >= 0.6 is 0 Å². The number of imide groups is 1. The summed E-state index contributed by atoms with van der Waals surface area (Å²) in [4.78, 5) is 41.4. The maximum absolute atomic E-state index is 13.1. The van der Waals surface area contributed by atoms with E-state index in [4.69, 9.17) is 4.74 Å². The largest absolute Gasteiger partial charge is 0.496 e. The Morgan fingerprint density at radius 3 is 2.56 bits per heavy atom. The standard InChI is InChI=1S/C18H19N4O5/c1-4-27-15-11(2)9-19-16-14(15)17(23)21(18(24)20(16)3)10-12-5-7-13(8-6-12)22(25)26/h5-9,14H,4,10H2,1-3H3/q+1. The SMILES string of the molecule is CCOC1=C(C)C=NC2=[N+](C)C(=O)N(Cc3ccc([N+](=O)[O-])cc3)C(=O)C12. The quantitative estimate of drug-likeness (QED) is 0.448. The van der Waals surface area contributed by atoms with E-state index in [1.54, 1.807) is 20.2 Å². The van der Waals surface area contributed by atoms with Crippen molar-refractivity contribution in [2.24, 2.45) is 10.9 Å². The number of nitrogens with zero attached hydrogens (tertiary/aromatic N) is 4. The summed E-state index contributed by atoms with van der Waals surface area (Å²) in [6.07, 6.45) is 1.58. The Morgan fingerprint density at radius 2 is 1.96 bits per heavy atom. The predicted molar refractivity (Wildman–Crippen MR) is 96.5 cm³/mol. The van der Waals surface area contributed by atoms with Crippen molar-refractivity contribution >= 4 is 29.7 Å². The molecular weight excluding hydrogens is 352 g/mol. The molecule has 1 aromatic carbocycles. The van der Waals surface area contributed by atoms with Crippen molar-refractivity contribution in [1.29, 1.82) is 0 Å². The third kappa shape index (κ3) is 3.23. The summed E-state index contributed by atoms with van der Waals surface area (Å²) in [5.74, 6) is -0.388. The van der Waals surface area contributed by atoms with Crippen molar-refractivity contribution in [2.75, 3.05) is 13.7 Å². The Balaban J connectivity index is 1.95. The van der Waals surface area contributed by atoms with Crippen molar-refractivity contribution in [3.63, 3.8) is 0 Å². The predicted octanol–water partition coefficient (Wildman–Crippen LogP) is 2.11. The van der Waals surface area contributed by atoms with Crippen LogP contribution in [0.3, 0.4) is 0 Å². The number of hydrogen-bond donors (Lipinski definition) is 0. The lowest BCUT2D eigenvalue weighted by molar-refractivity contribution is -0.409. The third-order valence-electron chi connectivity index (χ3n) is 4.46. The first-order chi connectivity index (χ1) is 12.8. The molecule has 9 nitrogen and oxygen atoms in total. The first-order valence-corrected chi connectivity index (χ1v) is 8.42. The number of ether oxygens (including phenoxy) is 1. The number of carbonyl (C=O) groups is 2. The second kappa shape index (κ2) is 7.10. The van der Waals surface area contributed by atoms with Gasteiger partial charge in [-0.2, -0.15) is 9.48 Å². The van der Waals surface area contributed by atoms with Crippen molar-refractivity contribution < 1.29 is 23.8 Å². The van der Waals surface area contributed by atoms with Gasteiger partial charge in [0.05, 0.1) is 18.6 Å². The number of amides is 3. The molecule has 0 fully saturated rings. The lowest BCUT2D eigenvalue weighted by Gasteiger charge is -2.29. The van der Waals surface area contributed by atoms with E-state index in [0.717, 1.165) is 10.5 Å². The molecule has 0 N–H and O–H groups in total. The highest BCUT2D eigenvalue weighted by molar-refractivity contribution is 6.16. The molecule has 0 saturated heterocycles. The molecule has 0 aromatic heterocycles. The average molecular weight is 371 g/mol. The van der Waals surface area contributed by atoms with E-state index in [1.807, 2.05) is 6.92 Å². The minimum atomic E-state index is -0.782. The zero-order valence-electron chi connectivity index (χ0n) is 15.2. The summed E-state index contributed by atoms with van der Waals surface area (Å²) in [7, 11) is 1.56. The number of carbonyl (C=O) groups excluding carboxylic acids is 2. The second-order valence-corrected chi connectivity index (χ2v) is 6.22. The van der Waals surface area contributed by atoms with Crippen LogP contribution in [-0.4, -0.2) is 52.0 Å². The monoisotopic (exact) mass is 371 g/mol. The molecule has 2 aliphatic heterocycles. The molecule has 1 unspecified atom stereocenters. The third-order valence-corrected chi connectivity index (χ3v) is 4.46. The normalized spacial score (nSPS) is 19.5. The van der Waals surface area contributed by atoms with Gasteiger partial charge < -0.3 is 4.74 Å². The van der Waals surface area contributed by atoms with E-state index >= 15 is 0 Å². The molecule has 2 heterocycles. The van der Waals surface area contributed by atoms with Gasteiger partial charge >= 0.3 is 11.9 Å². The lowest BCUT2D eigenvalue weighted by Crippen LogP contribution is -2.54. The maximum Gasteiger partial charge on any atom is 0.445 e. The van der Waals surface area contributed by atoms with Crippen LogP contribution in [0.15, 0.2) is 40.6 Å². The number of allylic oxidation sites excluding steroid dienone is 1. The van der Waals surface area contributed by atoms with Gasteiger partial charge in [-0.1, -0.05) is 0 Å². The summed E-state index contributed by atoms with van der Waals surface area (Å²) < 4.78 is 7.00. The molecule has 9 heteroatoms. The summed E-state index contributed by atoms with van der Waals surface area (Å²) in [6, 6.07) is 5.24. The number of rotatable bonds is 5. The van der Waals surface area contributed by atoms with Crippen molar-refractivity contribution in [2.45, 2.75) is 20.4 Å². The molecule has 0 aliphatic carbocycles. The van der Waals surface area contributed by atoms with Crippen LogP contribution in [-0.2, 0) is 16.1 Å². The van der Waals surface area contributed by atoms with Crippen LogP contribution in [0, 0.1) is 16.0 Å². The molecule has 0 spiro atoms. The molecule has 3 rings (SSSR count). The Hall–Kier alpha value is -3.36. The van der Waals surface area contributed by atoms with E-state index in [9.17, 15) is 19.7 Å². The number of fused-ring (bicyclic) bond motifs is 1. The average Bonchev–Trinajstić information content (AvgIpc) is 2.65. The zero-order valence-corrected chi connectivity index (χ0v) is 15.2. The summed E-state index contributed by atoms with van der Waals surface area (Å²) >= 11 is 0. The Kier molecular flexibility index (Phi) is 4.85. The minimum absolute atomic E-state index is 0.00590. The second-order valence-electron chi connectivity index (χ2n) is 6.22. The number of urea groups is 1. The van der Waals surface area contributed by atoms with Gasteiger partial charge in [-0.3, -0.25) is 14.9 Å². The van der Waals surface area contributed by atoms with Gasteiger partial charge in [0, 0.05) is 17.7 Å². The van der Waals surface area contributed by atoms with Gasteiger partial charge in [0.2, 0.25) is 0 Å². The van der Waals surface area contributed by atoms with E-state index in [2.05, 4.69) is 4.99 Å². The number of nitro benzene ring substituents is 1. The fraction of sp³-hybridized carbons (Fsp3) is 0.333. The molecule has 0 saturated carbocycles. The number of amidine groups is 1. The molecule has 1 atom stereocenters. The van der Waals surface area contributed by atoms with Crippen LogP contribution in [0.25, 0.3) is 0 Å². The smallest absolute Gasteiger partial charge is 0.445 e. The fourth-order valence-electron chi connectivity index (χ4n) is 3.08. The van der Waals surface area contributed by atoms with Gasteiger partial charge in [0.1, 0.15) is 18.5 Å². The minimum Gasteiger partial charge on any atom is -0.496 e. The molecule has 140 valence electrons. The Morgan fingerprint density at radius 1 is 1.30 bits per heavy atom. The maximum atomic E-state index is 13.1. The number of dihydropyridines is 1. The van der Waals surface area contributed by atoms with E-state index in [1.165, 1.54) is 28.8 Å². The number of aliphatic imine (C=N–C) groups is 1. The first-order valence-electron chi connectivity index (χ1n) is 8.42. The van der Waals surface area contributed by atoms with Gasteiger partial charge in [-0.25, -0.2) is 4.79 Å². The first kappa shape index (κ1) is 18.4.